The lowest BCUT2D eigenvalue weighted by Gasteiger charge is -2.28. The molecule has 0 radical (unpaired) electrons. The van der Waals surface area contributed by atoms with E-state index in [1.165, 1.54) is 4.31 Å². The minimum Gasteiger partial charge on any atom is -0.300 e. The third kappa shape index (κ3) is 2.42. The molecule has 0 amide bonds. The first-order chi connectivity index (χ1) is 6.47. The Morgan fingerprint density at radius 2 is 1.93 bits per heavy atom. The predicted molar refractivity (Wildman–Crippen MR) is 54.1 cm³/mol. The summed E-state index contributed by atoms with van der Waals surface area (Å²) >= 11 is 0. The largest absolute Gasteiger partial charge is 0.300 e. The van der Waals surface area contributed by atoms with Gasteiger partial charge in [-0.2, -0.15) is 4.31 Å². The molecule has 1 rings (SSSR count). The van der Waals surface area contributed by atoms with Crippen molar-refractivity contribution in [2.45, 2.75) is 19.8 Å². The fourth-order valence-corrected chi connectivity index (χ4v) is 2.55. The molecule has 0 saturated carbocycles. The topological polar surface area (TPSA) is 54.5 Å². The molecule has 0 aromatic carbocycles. The molecule has 0 atom stereocenters. The van der Waals surface area contributed by atoms with Gasteiger partial charge in [-0.15, -0.1) is 0 Å². The summed E-state index contributed by atoms with van der Waals surface area (Å²) in [5.74, 6) is 0.187. The average molecular weight is 217 g/mol. The molecule has 1 saturated heterocycles. The Morgan fingerprint density at radius 1 is 1.43 bits per heavy atom. The number of hydrogen-bond donors (Lipinski definition) is 0. The molecule has 14 heavy (non-hydrogen) atoms. The van der Waals surface area contributed by atoms with Gasteiger partial charge in [0.2, 0.25) is 10.0 Å². The van der Waals surface area contributed by atoms with Crippen LogP contribution in [0.2, 0.25) is 0 Å². The Labute approximate surface area is 84.6 Å². The SMILES string of the molecule is C=CS(=O)(=O)N1CCC(C(C)=O)CC1. The third-order valence-electron chi connectivity index (χ3n) is 2.60. The van der Waals surface area contributed by atoms with Crippen molar-refractivity contribution in [2.75, 3.05) is 13.1 Å². The maximum Gasteiger partial charge on any atom is 0.235 e. The third-order valence-corrected chi connectivity index (χ3v) is 4.11. The van der Waals surface area contributed by atoms with Crippen molar-refractivity contribution in [1.82, 2.24) is 4.31 Å². The molecule has 0 bridgehead atoms. The monoisotopic (exact) mass is 217 g/mol. The molecule has 0 spiro atoms. The highest BCUT2D eigenvalue weighted by atomic mass is 32.2. The Hall–Kier alpha value is -0.680. The van der Waals surface area contributed by atoms with Gasteiger partial charge >= 0.3 is 0 Å². The normalized spacial score (nSPS) is 20.6. The molecule has 1 aliphatic heterocycles. The van der Waals surface area contributed by atoms with Crippen molar-refractivity contribution in [3.63, 3.8) is 0 Å². The van der Waals surface area contributed by atoms with Gasteiger partial charge in [0, 0.05) is 24.4 Å². The van der Waals surface area contributed by atoms with Crippen LogP contribution in [0.5, 0.6) is 0 Å². The van der Waals surface area contributed by atoms with E-state index in [-0.39, 0.29) is 11.7 Å². The number of rotatable bonds is 3. The number of carbonyl (C=O) groups is 1. The quantitative estimate of drug-likeness (QED) is 0.701. The molecule has 5 heteroatoms. The van der Waals surface area contributed by atoms with Crippen LogP contribution in [0.3, 0.4) is 0 Å². The number of piperidine rings is 1. The van der Waals surface area contributed by atoms with Crippen LogP contribution in [-0.4, -0.2) is 31.6 Å². The Morgan fingerprint density at radius 3 is 2.29 bits per heavy atom. The zero-order chi connectivity index (χ0) is 10.8. The van der Waals surface area contributed by atoms with Crippen molar-refractivity contribution in [3.05, 3.63) is 12.0 Å². The summed E-state index contributed by atoms with van der Waals surface area (Å²) < 4.78 is 24.1. The summed E-state index contributed by atoms with van der Waals surface area (Å²) in [6, 6.07) is 0. The molecular formula is C9H15NO3S. The van der Waals surface area contributed by atoms with Crippen LogP contribution in [0.1, 0.15) is 19.8 Å². The smallest absolute Gasteiger partial charge is 0.235 e. The molecule has 1 aliphatic rings. The summed E-state index contributed by atoms with van der Waals surface area (Å²) in [6.07, 6.45) is 1.25. The van der Waals surface area contributed by atoms with E-state index in [9.17, 15) is 13.2 Å². The van der Waals surface area contributed by atoms with E-state index in [2.05, 4.69) is 6.58 Å². The molecule has 0 aromatic rings. The lowest BCUT2D eigenvalue weighted by atomic mass is 9.95. The van der Waals surface area contributed by atoms with Crippen LogP contribution in [0.25, 0.3) is 0 Å². The van der Waals surface area contributed by atoms with E-state index in [0.717, 1.165) is 5.41 Å². The van der Waals surface area contributed by atoms with Crippen LogP contribution in [0.4, 0.5) is 0 Å². The van der Waals surface area contributed by atoms with Gasteiger partial charge in [0.1, 0.15) is 5.78 Å². The first kappa shape index (κ1) is 11.4. The first-order valence-corrected chi connectivity index (χ1v) is 6.10. The van der Waals surface area contributed by atoms with Crippen molar-refractivity contribution in [2.24, 2.45) is 5.92 Å². The Bertz CT molecular complexity index is 326. The summed E-state index contributed by atoms with van der Waals surface area (Å²) in [6.45, 7) is 5.68. The molecule has 1 heterocycles. The van der Waals surface area contributed by atoms with E-state index in [0.29, 0.717) is 25.9 Å². The molecular weight excluding hydrogens is 202 g/mol. The highest BCUT2D eigenvalue weighted by Gasteiger charge is 2.27. The van der Waals surface area contributed by atoms with Crippen LogP contribution in [0.15, 0.2) is 12.0 Å². The number of carbonyl (C=O) groups excluding carboxylic acids is 1. The lowest BCUT2D eigenvalue weighted by molar-refractivity contribution is -0.121. The Kier molecular flexibility index (Phi) is 3.44. The Balaban J connectivity index is 2.60. The van der Waals surface area contributed by atoms with Gasteiger partial charge in [0.05, 0.1) is 0 Å². The second-order valence-electron chi connectivity index (χ2n) is 3.50. The van der Waals surface area contributed by atoms with Crippen LogP contribution in [0, 0.1) is 5.92 Å². The summed E-state index contributed by atoms with van der Waals surface area (Å²) in [4.78, 5) is 11.0. The summed E-state index contributed by atoms with van der Waals surface area (Å²) in [5, 5.41) is 0.959. The molecule has 0 unspecified atom stereocenters. The number of hydrogen-bond acceptors (Lipinski definition) is 3. The zero-order valence-corrected chi connectivity index (χ0v) is 9.09. The standard InChI is InChI=1S/C9H15NO3S/c1-3-14(12,13)10-6-4-9(5-7-10)8(2)11/h3,9H,1,4-7H2,2H3. The minimum absolute atomic E-state index is 0.0336. The maximum absolute atomic E-state index is 11.4. The van der Waals surface area contributed by atoms with Gasteiger partial charge in [0.15, 0.2) is 0 Å². The molecule has 1 fully saturated rings. The van der Waals surface area contributed by atoms with Crippen molar-refractivity contribution in [3.8, 4) is 0 Å². The fourth-order valence-electron chi connectivity index (χ4n) is 1.62. The molecule has 0 aromatic heterocycles. The number of Topliss-reactive ketones (excluding diaryl/α,β-unsaturated/α-hetero) is 1. The van der Waals surface area contributed by atoms with Gasteiger partial charge in [0.25, 0.3) is 0 Å². The van der Waals surface area contributed by atoms with Gasteiger partial charge in [-0.1, -0.05) is 6.58 Å². The van der Waals surface area contributed by atoms with Gasteiger partial charge in [-0.25, -0.2) is 8.42 Å². The number of nitrogens with zero attached hydrogens (tertiary/aromatic N) is 1. The zero-order valence-electron chi connectivity index (χ0n) is 8.27. The predicted octanol–water partition coefficient (Wildman–Crippen LogP) is 0.761. The fraction of sp³-hybridized carbons (Fsp3) is 0.667. The minimum atomic E-state index is -3.28. The van der Waals surface area contributed by atoms with Gasteiger partial charge in [-0.3, -0.25) is 4.79 Å². The molecule has 0 N–H and O–H groups in total. The highest BCUT2D eigenvalue weighted by molar-refractivity contribution is 7.92. The van der Waals surface area contributed by atoms with E-state index in [4.69, 9.17) is 0 Å². The van der Waals surface area contributed by atoms with E-state index in [1.54, 1.807) is 6.92 Å². The maximum atomic E-state index is 11.4. The second kappa shape index (κ2) is 4.23. The van der Waals surface area contributed by atoms with Crippen LogP contribution < -0.4 is 0 Å². The van der Waals surface area contributed by atoms with Gasteiger partial charge < -0.3 is 0 Å². The second-order valence-corrected chi connectivity index (χ2v) is 5.38. The summed E-state index contributed by atoms with van der Waals surface area (Å²) in [7, 11) is -3.28. The number of ketones is 1. The van der Waals surface area contributed by atoms with Crippen molar-refractivity contribution in [1.29, 1.82) is 0 Å². The van der Waals surface area contributed by atoms with Crippen LogP contribution in [-0.2, 0) is 14.8 Å². The van der Waals surface area contributed by atoms with E-state index in [1.807, 2.05) is 0 Å². The molecule has 4 nitrogen and oxygen atoms in total. The summed E-state index contributed by atoms with van der Waals surface area (Å²) in [5.41, 5.74) is 0. The van der Waals surface area contributed by atoms with Gasteiger partial charge in [-0.05, 0) is 19.8 Å². The van der Waals surface area contributed by atoms with Crippen molar-refractivity contribution < 1.29 is 13.2 Å². The van der Waals surface area contributed by atoms with Crippen molar-refractivity contribution >= 4 is 15.8 Å². The van der Waals surface area contributed by atoms with E-state index < -0.39 is 10.0 Å². The number of sulfonamides is 1. The molecule has 0 aliphatic carbocycles. The average Bonchev–Trinajstić information content (AvgIpc) is 2.18. The lowest BCUT2D eigenvalue weighted by Crippen LogP contribution is -2.38. The van der Waals surface area contributed by atoms with E-state index >= 15 is 0 Å². The first-order valence-electron chi connectivity index (χ1n) is 4.60. The highest BCUT2D eigenvalue weighted by Crippen LogP contribution is 2.20. The molecule has 80 valence electrons. The van der Waals surface area contributed by atoms with Crippen LogP contribution >= 0.6 is 0 Å².